The highest BCUT2D eigenvalue weighted by molar-refractivity contribution is 7.89. The number of hydrogen-bond donors (Lipinski definition) is 0. The van der Waals surface area contributed by atoms with Gasteiger partial charge in [-0.25, -0.2) is 12.8 Å². The first-order valence-corrected chi connectivity index (χ1v) is 9.49. The van der Waals surface area contributed by atoms with Gasteiger partial charge in [0.1, 0.15) is 5.82 Å². The number of rotatable bonds is 3. The predicted octanol–water partition coefficient (Wildman–Crippen LogP) is 3.42. The van der Waals surface area contributed by atoms with Crippen LogP contribution in [0.15, 0.2) is 77.8 Å². The van der Waals surface area contributed by atoms with Gasteiger partial charge in [-0.2, -0.15) is 4.31 Å². The van der Waals surface area contributed by atoms with Gasteiger partial charge in [0.25, 0.3) is 0 Å². The molecule has 4 nitrogen and oxygen atoms in total. The molecule has 6 heteroatoms. The molecule has 2 heterocycles. The maximum Gasteiger partial charge on any atom is 0.244 e. The monoisotopic (exact) mass is 356 g/mol. The topological polar surface area (TPSA) is 42.3 Å². The van der Waals surface area contributed by atoms with E-state index in [-0.39, 0.29) is 4.90 Å². The predicted molar refractivity (Wildman–Crippen MR) is 93.0 cm³/mol. The van der Waals surface area contributed by atoms with Gasteiger partial charge in [-0.05, 0) is 42.0 Å². The van der Waals surface area contributed by atoms with Gasteiger partial charge in [-0.1, -0.05) is 30.3 Å². The molecule has 0 spiro atoms. The minimum Gasteiger partial charge on any atom is -0.348 e. The van der Waals surface area contributed by atoms with Crippen molar-refractivity contribution in [2.45, 2.75) is 17.5 Å². The van der Waals surface area contributed by atoms with E-state index in [4.69, 9.17) is 0 Å². The minimum absolute atomic E-state index is 0.106. The normalized spacial score (nSPS) is 18.0. The van der Waals surface area contributed by atoms with Crippen LogP contribution in [0.3, 0.4) is 0 Å². The summed E-state index contributed by atoms with van der Waals surface area (Å²) in [6, 6.07) is 18.0. The fourth-order valence-electron chi connectivity index (χ4n) is 3.34. The summed E-state index contributed by atoms with van der Waals surface area (Å²) < 4.78 is 43.2. The second-order valence-corrected chi connectivity index (χ2v) is 7.90. The molecule has 0 saturated heterocycles. The summed E-state index contributed by atoms with van der Waals surface area (Å²) in [6.07, 6.45) is 1.97. The van der Waals surface area contributed by atoms with Crippen molar-refractivity contribution < 1.29 is 12.8 Å². The van der Waals surface area contributed by atoms with Crippen LogP contribution in [0, 0.1) is 5.82 Å². The molecule has 1 unspecified atom stereocenters. The van der Waals surface area contributed by atoms with Crippen molar-refractivity contribution in [3.05, 3.63) is 90.0 Å². The van der Waals surface area contributed by atoms with Gasteiger partial charge in [-0.15, -0.1) is 0 Å². The summed E-state index contributed by atoms with van der Waals surface area (Å²) in [4.78, 5) is 0.106. The number of nitrogens with zero attached hydrogens (tertiary/aromatic N) is 2. The van der Waals surface area contributed by atoms with Crippen LogP contribution in [0.25, 0.3) is 0 Å². The molecule has 0 saturated carbocycles. The summed E-state index contributed by atoms with van der Waals surface area (Å²) in [7, 11) is -3.74. The molecule has 0 fully saturated rings. The lowest BCUT2D eigenvalue weighted by Crippen LogP contribution is -2.42. The van der Waals surface area contributed by atoms with Crippen molar-refractivity contribution in [1.82, 2.24) is 8.87 Å². The average Bonchev–Trinajstić information content (AvgIpc) is 3.10. The van der Waals surface area contributed by atoms with Crippen LogP contribution in [0.5, 0.6) is 0 Å². The largest absolute Gasteiger partial charge is 0.348 e. The molecule has 3 aromatic rings. The van der Waals surface area contributed by atoms with Gasteiger partial charge in [-0.3, -0.25) is 0 Å². The Balaban J connectivity index is 1.84. The fraction of sp³-hybridized carbons (Fsp3) is 0.158. The molecule has 1 aromatic heterocycles. The van der Waals surface area contributed by atoms with Crippen LogP contribution < -0.4 is 0 Å². The summed E-state index contributed by atoms with van der Waals surface area (Å²) >= 11 is 0. The lowest BCUT2D eigenvalue weighted by atomic mass is 10.0. The Labute approximate surface area is 146 Å². The Hall–Kier alpha value is -2.44. The summed E-state index contributed by atoms with van der Waals surface area (Å²) in [5, 5.41) is 0. The molecule has 4 rings (SSSR count). The van der Waals surface area contributed by atoms with Crippen molar-refractivity contribution in [3.63, 3.8) is 0 Å². The summed E-state index contributed by atoms with van der Waals surface area (Å²) in [6.45, 7) is 0.951. The van der Waals surface area contributed by atoms with Crippen LogP contribution in [0.1, 0.15) is 17.3 Å². The number of aromatic nitrogens is 1. The van der Waals surface area contributed by atoms with Crippen LogP contribution in [-0.4, -0.2) is 23.8 Å². The van der Waals surface area contributed by atoms with E-state index in [1.54, 1.807) is 0 Å². The smallest absolute Gasteiger partial charge is 0.244 e. The molecular weight excluding hydrogens is 339 g/mol. The second kappa shape index (κ2) is 6.13. The van der Waals surface area contributed by atoms with E-state index in [1.807, 2.05) is 48.7 Å². The molecule has 0 bridgehead atoms. The van der Waals surface area contributed by atoms with E-state index >= 15 is 0 Å². The van der Waals surface area contributed by atoms with Crippen molar-refractivity contribution >= 4 is 10.0 Å². The Kier molecular flexibility index (Phi) is 3.94. The molecule has 0 aliphatic carbocycles. The second-order valence-electron chi connectivity index (χ2n) is 6.01. The third kappa shape index (κ3) is 2.77. The van der Waals surface area contributed by atoms with Crippen LogP contribution in [0.2, 0.25) is 0 Å². The van der Waals surface area contributed by atoms with Crippen molar-refractivity contribution in [3.8, 4) is 0 Å². The van der Waals surface area contributed by atoms with Crippen molar-refractivity contribution in [2.24, 2.45) is 0 Å². The minimum atomic E-state index is -3.74. The van der Waals surface area contributed by atoms with E-state index in [1.165, 1.54) is 28.6 Å². The molecule has 0 N–H and O–H groups in total. The first-order chi connectivity index (χ1) is 12.1. The van der Waals surface area contributed by atoms with Gasteiger partial charge in [0.2, 0.25) is 10.0 Å². The van der Waals surface area contributed by atoms with E-state index in [0.29, 0.717) is 13.1 Å². The number of sulfonamides is 1. The zero-order valence-corrected chi connectivity index (χ0v) is 14.2. The highest BCUT2D eigenvalue weighted by Gasteiger charge is 2.37. The first-order valence-electron chi connectivity index (χ1n) is 8.05. The number of fused-ring (bicyclic) bond motifs is 1. The quantitative estimate of drug-likeness (QED) is 0.722. The molecular formula is C19H17FN2O2S. The molecule has 1 aliphatic rings. The SMILES string of the molecule is O=S(=O)(c1ccc(F)cc1)N1CCn2cccc2C1c1ccccc1. The van der Waals surface area contributed by atoms with E-state index in [0.717, 1.165) is 11.3 Å². The van der Waals surface area contributed by atoms with Gasteiger partial charge in [0.05, 0.1) is 10.9 Å². The van der Waals surface area contributed by atoms with E-state index < -0.39 is 21.9 Å². The fourth-order valence-corrected chi connectivity index (χ4v) is 4.92. The first kappa shape index (κ1) is 16.1. The molecule has 0 amide bonds. The average molecular weight is 356 g/mol. The standard InChI is InChI=1S/C19H17FN2O2S/c20-16-8-10-17(11-9-16)25(23,24)22-14-13-21-12-4-7-18(21)19(22)15-5-2-1-3-6-15/h1-12,19H,13-14H2. The van der Waals surface area contributed by atoms with Gasteiger partial charge >= 0.3 is 0 Å². The van der Waals surface area contributed by atoms with E-state index in [9.17, 15) is 12.8 Å². The van der Waals surface area contributed by atoms with E-state index in [2.05, 4.69) is 4.57 Å². The molecule has 1 atom stereocenters. The van der Waals surface area contributed by atoms with Gasteiger partial charge in [0.15, 0.2) is 0 Å². The maximum absolute atomic E-state index is 13.2. The lowest BCUT2D eigenvalue weighted by Gasteiger charge is -2.36. The Morgan fingerprint density at radius 1 is 0.880 bits per heavy atom. The number of halogens is 1. The molecule has 1 aliphatic heterocycles. The highest BCUT2D eigenvalue weighted by Crippen LogP contribution is 2.36. The maximum atomic E-state index is 13.2. The third-order valence-electron chi connectivity index (χ3n) is 4.53. The zero-order valence-electron chi connectivity index (χ0n) is 13.4. The molecule has 0 radical (unpaired) electrons. The Morgan fingerprint density at radius 3 is 2.32 bits per heavy atom. The highest BCUT2D eigenvalue weighted by atomic mass is 32.2. The lowest BCUT2D eigenvalue weighted by molar-refractivity contribution is 0.298. The van der Waals surface area contributed by atoms with Crippen LogP contribution in [-0.2, 0) is 16.6 Å². The van der Waals surface area contributed by atoms with Gasteiger partial charge in [0, 0.05) is 25.0 Å². The number of benzene rings is 2. The molecule has 25 heavy (non-hydrogen) atoms. The van der Waals surface area contributed by atoms with Crippen molar-refractivity contribution in [1.29, 1.82) is 0 Å². The van der Waals surface area contributed by atoms with Crippen molar-refractivity contribution in [2.75, 3.05) is 6.54 Å². The number of hydrogen-bond acceptors (Lipinski definition) is 2. The summed E-state index contributed by atoms with van der Waals surface area (Å²) in [5.41, 5.74) is 1.84. The van der Waals surface area contributed by atoms with Crippen LogP contribution >= 0.6 is 0 Å². The third-order valence-corrected chi connectivity index (χ3v) is 6.41. The van der Waals surface area contributed by atoms with Gasteiger partial charge < -0.3 is 4.57 Å². The Bertz CT molecular complexity index is 982. The van der Waals surface area contributed by atoms with Crippen LogP contribution in [0.4, 0.5) is 4.39 Å². The zero-order chi connectivity index (χ0) is 17.4. The summed E-state index contributed by atoms with van der Waals surface area (Å²) in [5.74, 6) is -0.453. The molecule has 2 aromatic carbocycles. The molecule has 128 valence electrons. The Morgan fingerprint density at radius 2 is 1.60 bits per heavy atom.